The molecule has 0 unspecified atom stereocenters. The van der Waals surface area contributed by atoms with Gasteiger partial charge in [0.1, 0.15) is 5.82 Å². The summed E-state index contributed by atoms with van der Waals surface area (Å²) in [6.07, 6.45) is 4.34. The lowest BCUT2D eigenvalue weighted by Crippen LogP contribution is -2.23. The van der Waals surface area contributed by atoms with Crippen molar-refractivity contribution in [3.63, 3.8) is 0 Å². The predicted molar refractivity (Wildman–Crippen MR) is 217 cm³/mol. The Morgan fingerprint density at radius 1 is 0.510 bits per heavy atom. The first-order chi connectivity index (χ1) is 24.9. The van der Waals surface area contributed by atoms with Gasteiger partial charge in [-0.05, 0) is 106 Å². The first-order valence-corrected chi connectivity index (χ1v) is 18.5. The molecule has 6 aromatic carbocycles. The highest BCUT2D eigenvalue weighted by Crippen LogP contribution is 2.40. The highest BCUT2D eigenvalue weighted by molar-refractivity contribution is 5.82. The van der Waals surface area contributed by atoms with Crippen molar-refractivity contribution >= 4 is 0 Å². The quantitative estimate of drug-likeness (QED) is 0.135. The zero-order chi connectivity index (χ0) is 35.4. The molecule has 0 saturated carbocycles. The van der Waals surface area contributed by atoms with Crippen molar-refractivity contribution in [3.05, 3.63) is 169 Å². The Morgan fingerprint density at radius 2 is 0.980 bits per heavy atom. The second-order valence-electron chi connectivity index (χ2n) is 14.4. The fourth-order valence-corrected chi connectivity index (χ4v) is 7.51. The molecule has 0 amide bonds. The van der Waals surface area contributed by atoms with Crippen LogP contribution in [0.3, 0.4) is 0 Å². The van der Waals surface area contributed by atoms with Crippen LogP contribution in [0.4, 0.5) is 0 Å². The van der Waals surface area contributed by atoms with Crippen LogP contribution in [0, 0.1) is 6.92 Å². The maximum Gasteiger partial charge on any atom is 0.145 e. The fraction of sp³-hybridized carbons (Fsp3) is 0.204. The van der Waals surface area contributed by atoms with E-state index in [0.29, 0.717) is 0 Å². The van der Waals surface area contributed by atoms with Crippen LogP contribution in [-0.4, -0.2) is 9.55 Å². The number of unbranched alkanes of at least 4 members (excludes halogenated alkanes) is 1. The number of rotatable bonds is 11. The molecule has 2 heteroatoms. The summed E-state index contributed by atoms with van der Waals surface area (Å²) < 4.78 is 2.49. The van der Waals surface area contributed by atoms with Gasteiger partial charge in [0.15, 0.2) is 0 Å². The molecular formula is C49H48N2. The van der Waals surface area contributed by atoms with Crippen LogP contribution < -0.4 is 0 Å². The van der Waals surface area contributed by atoms with Crippen LogP contribution in [-0.2, 0) is 11.8 Å². The molecule has 0 radical (unpaired) electrons. The van der Waals surface area contributed by atoms with E-state index < -0.39 is 0 Å². The van der Waals surface area contributed by atoms with Crippen molar-refractivity contribution in [2.75, 3.05) is 0 Å². The minimum atomic E-state index is -0.0522. The van der Waals surface area contributed by atoms with Crippen molar-refractivity contribution in [2.45, 2.75) is 65.7 Å². The molecule has 0 aliphatic rings. The number of nitrogens with zero attached hydrogens (tertiary/aromatic N) is 2. The van der Waals surface area contributed by atoms with Crippen molar-refractivity contribution in [2.24, 2.45) is 0 Å². The van der Waals surface area contributed by atoms with E-state index in [0.717, 1.165) is 24.2 Å². The Labute approximate surface area is 304 Å². The Hall–Kier alpha value is -5.47. The van der Waals surface area contributed by atoms with Crippen LogP contribution >= 0.6 is 0 Å². The van der Waals surface area contributed by atoms with Gasteiger partial charge in [-0.2, -0.15) is 0 Å². The summed E-state index contributed by atoms with van der Waals surface area (Å²) in [4.78, 5) is 5.50. The number of aromatic nitrogens is 2. The van der Waals surface area contributed by atoms with Gasteiger partial charge < -0.3 is 0 Å². The third kappa shape index (κ3) is 7.10. The summed E-state index contributed by atoms with van der Waals surface area (Å²) in [5.41, 5.74) is 15.7. The molecule has 7 rings (SSSR count). The smallest absolute Gasteiger partial charge is 0.145 e. The second kappa shape index (κ2) is 14.8. The molecular weight excluding hydrogens is 617 g/mol. The van der Waals surface area contributed by atoms with E-state index in [1.54, 1.807) is 0 Å². The standard InChI is InChI=1S/C49H48N2/c1-6-8-29-49(4,5)47-45(7-2)50-48(51(47)46-28-27-40(30-35(46)3)36-19-12-9-13-20-36)41-26-18-25-39(31-41)44-33-42(37-21-14-10-15-22-37)32-43(34-44)38-23-16-11-17-24-38/h9-28,30-34H,6-8,29H2,1-5H3. The topological polar surface area (TPSA) is 17.8 Å². The van der Waals surface area contributed by atoms with E-state index in [1.165, 1.54) is 80.0 Å². The summed E-state index contributed by atoms with van der Waals surface area (Å²) in [7, 11) is 0. The van der Waals surface area contributed by atoms with Crippen molar-refractivity contribution in [3.8, 4) is 61.6 Å². The lowest BCUT2D eigenvalue weighted by Gasteiger charge is -2.29. The van der Waals surface area contributed by atoms with Gasteiger partial charge in [0.25, 0.3) is 0 Å². The van der Waals surface area contributed by atoms with E-state index >= 15 is 0 Å². The van der Waals surface area contributed by atoms with Crippen molar-refractivity contribution in [1.82, 2.24) is 9.55 Å². The fourth-order valence-electron chi connectivity index (χ4n) is 7.51. The average molecular weight is 665 g/mol. The van der Waals surface area contributed by atoms with Crippen LogP contribution in [0.15, 0.2) is 152 Å². The normalized spacial score (nSPS) is 11.5. The lowest BCUT2D eigenvalue weighted by atomic mass is 9.82. The Bertz CT molecular complexity index is 2180. The molecule has 2 nitrogen and oxygen atoms in total. The molecule has 51 heavy (non-hydrogen) atoms. The molecule has 0 N–H and O–H groups in total. The SMILES string of the molecule is CCCCC(C)(C)c1c(CC)nc(-c2cccc(-c3cc(-c4ccccc4)cc(-c4ccccc4)c3)c2)n1-c1ccc(-c2ccccc2)cc1C. The summed E-state index contributed by atoms with van der Waals surface area (Å²) in [6, 6.07) is 55.0. The van der Waals surface area contributed by atoms with E-state index in [9.17, 15) is 0 Å². The molecule has 0 fully saturated rings. The van der Waals surface area contributed by atoms with Gasteiger partial charge in [-0.25, -0.2) is 4.98 Å². The number of benzene rings is 6. The summed E-state index contributed by atoms with van der Waals surface area (Å²) >= 11 is 0. The monoisotopic (exact) mass is 664 g/mol. The highest BCUT2D eigenvalue weighted by Gasteiger charge is 2.31. The van der Waals surface area contributed by atoms with E-state index in [-0.39, 0.29) is 5.41 Å². The molecule has 254 valence electrons. The maximum atomic E-state index is 5.50. The summed E-state index contributed by atoms with van der Waals surface area (Å²) in [6.45, 7) is 11.6. The molecule has 0 bridgehead atoms. The van der Waals surface area contributed by atoms with Crippen molar-refractivity contribution < 1.29 is 0 Å². The van der Waals surface area contributed by atoms with E-state index in [1.807, 2.05) is 0 Å². The number of hydrogen-bond donors (Lipinski definition) is 0. The zero-order valence-electron chi connectivity index (χ0n) is 30.7. The average Bonchev–Trinajstić information content (AvgIpc) is 3.59. The molecule has 7 aromatic rings. The maximum absolute atomic E-state index is 5.50. The van der Waals surface area contributed by atoms with Crippen LogP contribution in [0.25, 0.3) is 61.6 Å². The van der Waals surface area contributed by atoms with Gasteiger partial charge in [-0.1, -0.05) is 156 Å². The summed E-state index contributed by atoms with van der Waals surface area (Å²) in [5.74, 6) is 1.01. The minimum absolute atomic E-state index is 0.0522. The van der Waals surface area contributed by atoms with Gasteiger partial charge in [-0.3, -0.25) is 4.57 Å². The van der Waals surface area contributed by atoms with Gasteiger partial charge in [0.05, 0.1) is 17.1 Å². The first-order valence-electron chi connectivity index (χ1n) is 18.5. The minimum Gasteiger partial charge on any atom is -0.296 e. The Balaban J connectivity index is 1.41. The number of aryl methyl sites for hydroxylation is 2. The van der Waals surface area contributed by atoms with Gasteiger partial charge in [0.2, 0.25) is 0 Å². The molecule has 0 atom stereocenters. The van der Waals surface area contributed by atoms with Gasteiger partial charge in [-0.15, -0.1) is 0 Å². The third-order valence-corrected chi connectivity index (χ3v) is 10.2. The first kappa shape index (κ1) is 34.0. The van der Waals surface area contributed by atoms with Crippen molar-refractivity contribution in [1.29, 1.82) is 0 Å². The molecule has 0 aliphatic carbocycles. The van der Waals surface area contributed by atoms with E-state index in [4.69, 9.17) is 4.98 Å². The van der Waals surface area contributed by atoms with Gasteiger partial charge >= 0.3 is 0 Å². The summed E-state index contributed by atoms with van der Waals surface area (Å²) in [5, 5.41) is 0. The molecule has 0 saturated heterocycles. The number of hydrogen-bond acceptors (Lipinski definition) is 1. The second-order valence-corrected chi connectivity index (χ2v) is 14.4. The predicted octanol–water partition coefficient (Wildman–Crippen LogP) is 13.5. The molecule has 0 spiro atoms. The van der Waals surface area contributed by atoms with Crippen LogP contribution in [0.5, 0.6) is 0 Å². The lowest BCUT2D eigenvalue weighted by molar-refractivity contribution is 0.436. The van der Waals surface area contributed by atoms with Crippen LogP contribution in [0.1, 0.15) is 63.9 Å². The van der Waals surface area contributed by atoms with Gasteiger partial charge in [0, 0.05) is 11.0 Å². The Morgan fingerprint density at radius 3 is 1.51 bits per heavy atom. The molecule has 1 heterocycles. The van der Waals surface area contributed by atoms with E-state index in [2.05, 4.69) is 191 Å². The molecule has 0 aliphatic heterocycles. The number of imidazole rings is 1. The zero-order valence-corrected chi connectivity index (χ0v) is 30.7. The third-order valence-electron chi connectivity index (χ3n) is 10.2. The highest BCUT2D eigenvalue weighted by atomic mass is 15.1. The van der Waals surface area contributed by atoms with Crippen LogP contribution in [0.2, 0.25) is 0 Å². The largest absolute Gasteiger partial charge is 0.296 e. The molecule has 1 aromatic heterocycles. The Kier molecular flexibility index (Phi) is 9.86.